The predicted octanol–water partition coefficient (Wildman–Crippen LogP) is 3.08. The number of likely N-dealkylation sites (tertiary alicyclic amines) is 1. The van der Waals surface area contributed by atoms with Crippen LogP contribution in [-0.4, -0.2) is 44.1 Å². The summed E-state index contributed by atoms with van der Waals surface area (Å²) < 4.78 is 18.7. The number of methoxy groups -OCH3 is 1. The smallest absolute Gasteiger partial charge is 0.254 e. The maximum atomic E-state index is 13.8. The van der Waals surface area contributed by atoms with E-state index in [-0.39, 0.29) is 11.5 Å². The first-order valence-corrected chi connectivity index (χ1v) is 8.44. The molecule has 1 amide bonds. The Morgan fingerprint density at radius 3 is 2.74 bits per heavy atom. The Hall–Kier alpha value is -1.62. The van der Waals surface area contributed by atoms with E-state index in [4.69, 9.17) is 4.74 Å². The highest BCUT2D eigenvalue weighted by molar-refractivity contribution is 5.94. The van der Waals surface area contributed by atoms with E-state index < -0.39 is 5.82 Å². The molecule has 0 spiro atoms. The van der Waals surface area contributed by atoms with E-state index in [1.807, 2.05) is 0 Å². The number of hydrogen-bond acceptors (Lipinski definition) is 3. The molecule has 23 heavy (non-hydrogen) atoms. The van der Waals surface area contributed by atoms with Crippen molar-refractivity contribution in [3.8, 4) is 5.75 Å². The van der Waals surface area contributed by atoms with Gasteiger partial charge < -0.3 is 15.0 Å². The summed E-state index contributed by atoms with van der Waals surface area (Å²) in [5.41, 5.74) is 0.0656. The van der Waals surface area contributed by atoms with Gasteiger partial charge in [-0.1, -0.05) is 6.92 Å². The van der Waals surface area contributed by atoms with Crippen molar-refractivity contribution in [2.45, 2.75) is 32.6 Å². The lowest BCUT2D eigenvalue weighted by Gasteiger charge is -2.30. The zero-order valence-corrected chi connectivity index (χ0v) is 14.1. The van der Waals surface area contributed by atoms with Crippen molar-refractivity contribution < 1.29 is 13.9 Å². The average Bonchev–Trinajstić information content (AvgIpc) is 2.55. The minimum atomic E-state index is -0.552. The average molecular weight is 322 g/mol. The lowest BCUT2D eigenvalue weighted by atomic mass is 9.99. The monoisotopic (exact) mass is 322 g/mol. The van der Waals surface area contributed by atoms with E-state index in [9.17, 15) is 9.18 Å². The van der Waals surface area contributed by atoms with Crippen LogP contribution in [-0.2, 0) is 0 Å². The number of nitrogens with zero attached hydrogens (tertiary/aromatic N) is 1. The van der Waals surface area contributed by atoms with Crippen molar-refractivity contribution >= 4 is 5.91 Å². The van der Waals surface area contributed by atoms with Crippen LogP contribution in [0.25, 0.3) is 0 Å². The Labute approximate surface area is 138 Å². The number of nitrogens with one attached hydrogen (secondary N) is 1. The minimum Gasteiger partial charge on any atom is -0.497 e. The summed E-state index contributed by atoms with van der Waals surface area (Å²) >= 11 is 0. The Morgan fingerprint density at radius 2 is 2.09 bits per heavy atom. The van der Waals surface area contributed by atoms with Crippen molar-refractivity contribution in [2.24, 2.45) is 5.92 Å². The highest BCUT2D eigenvalue weighted by Crippen LogP contribution is 2.17. The van der Waals surface area contributed by atoms with Crippen LogP contribution in [0.15, 0.2) is 18.2 Å². The van der Waals surface area contributed by atoms with Gasteiger partial charge in [0.15, 0.2) is 0 Å². The van der Waals surface area contributed by atoms with E-state index >= 15 is 0 Å². The van der Waals surface area contributed by atoms with Crippen LogP contribution in [0.2, 0.25) is 0 Å². The van der Waals surface area contributed by atoms with E-state index in [0.29, 0.717) is 12.3 Å². The van der Waals surface area contributed by atoms with Gasteiger partial charge in [-0.05, 0) is 63.4 Å². The van der Waals surface area contributed by atoms with Gasteiger partial charge in [0.25, 0.3) is 5.91 Å². The van der Waals surface area contributed by atoms with Crippen molar-refractivity contribution in [3.05, 3.63) is 29.6 Å². The molecule has 1 N–H and O–H groups in total. The molecular formula is C18H27FN2O2. The molecular weight excluding hydrogens is 295 g/mol. The number of rotatable bonds is 7. The number of hydrogen-bond donors (Lipinski definition) is 1. The number of carbonyl (C=O) groups is 1. The summed E-state index contributed by atoms with van der Waals surface area (Å²) in [5, 5.41) is 2.78. The maximum Gasteiger partial charge on any atom is 0.254 e. The largest absolute Gasteiger partial charge is 0.497 e. The molecule has 0 unspecified atom stereocenters. The zero-order valence-electron chi connectivity index (χ0n) is 14.1. The van der Waals surface area contributed by atoms with Gasteiger partial charge in [0.1, 0.15) is 11.6 Å². The van der Waals surface area contributed by atoms with Crippen molar-refractivity contribution in [1.29, 1.82) is 0 Å². The molecule has 0 radical (unpaired) electrons. The third-order valence-electron chi connectivity index (χ3n) is 4.48. The Bertz CT molecular complexity index is 514. The molecule has 0 aliphatic carbocycles. The predicted molar refractivity (Wildman–Crippen MR) is 89.4 cm³/mol. The quantitative estimate of drug-likeness (QED) is 0.785. The van der Waals surface area contributed by atoms with Gasteiger partial charge in [0.2, 0.25) is 0 Å². The summed E-state index contributed by atoms with van der Waals surface area (Å²) in [6, 6.07) is 4.28. The molecule has 5 heteroatoms. The lowest BCUT2D eigenvalue weighted by molar-refractivity contribution is 0.0948. The van der Waals surface area contributed by atoms with Gasteiger partial charge in [0, 0.05) is 12.6 Å². The second-order valence-corrected chi connectivity index (χ2v) is 6.33. The second-order valence-electron chi connectivity index (χ2n) is 6.33. The molecule has 0 bridgehead atoms. The van der Waals surface area contributed by atoms with Gasteiger partial charge in [-0.25, -0.2) is 4.39 Å². The Morgan fingerprint density at radius 1 is 1.35 bits per heavy atom. The summed E-state index contributed by atoms with van der Waals surface area (Å²) in [7, 11) is 1.47. The van der Waals surface area contributed by atoms with E-state index in [1.54, 1.807) is 6.07 Å². The third kappa shape index (κ3) is 5.50. The van der Waals surface area contributed by atoms with Crippen molar-refractivity contribution in [3.63, 3.8) is 0 Å². The third-order valence-corrected chi connectivity index (χ3v) is 4.48. The molecule has 128 valence electrons. The first kappa shape index (κ1) is 17.7. The molecule has 1 aliphatic heterocycles. The van der Waals surface area contributed by atoms with Crippen LogP contribution < -0.4 is 10.1 Å². The number of carbonyl (C=O) groups excluding carboxylic acids is 1. The number of unbranched alkanes of at least 4 members (excludes halogenated alkanes) is 1. The molecule has 0 saturated carbocycles. The summed E-state index contributed by atoms with van der Waals surface area (Å²) in [5.74, 6) is 0.348. The number of benzene rings is 1. The normalized spacial score (nSPS) is 16.3. The first-order chi connectivity index (χ1) is 11.1. The van der Waals surface area contributed by atoms with E-state index in [2.05, 4.69) is 17.1 Å². The molecule has 0 atom stereocenters. The number of amides is 1. The lowest BCUT2D eigenvalue weighted by Crippen LogP contribution is -2.34. The van der Waals surface area contributed by atoms with E-state index in [1.165, 1.54) is 45.2 Å². The van der Waals surface area contributed by atoms with Crippen molar-refractivity contribution in [1.82, 2.24) is 10.2 Å². The first-order valence-electron chi connectivity index (χ1n) is 8.44. The van der Waals surface area contributed by atoms with Gasteiger partial charge in [0.05, 0.1) is 12.7 Å². The molecule has 0 aromatic heterocycles. The molecule has 2 rings (SSSR count). The molecule has 4 nitrogen and oxygen atoms in total. The fraction of sp³-hybridized carbons (Fsp3) is 0.611. The van der Waals surface area contributed by atoms with Crippen LogP contribution >= 0.6 is 0 Å². The number of piperidine rings is 1. The SMILES string of the molecule is COc1ccc(C(=O)NCCCCN2CCC(C)CC2)c(F)c1. The molecule has 1 saturated heterocycles. The van der Waals surface area contributed by atoms with E-state index in [0.717, 1.165) is 25.3 Å². The van der Waals surface area contributed by atoms with Crippen molar-refractivity contribution in [2.75, 3.05) is 33.3 Å². The fourth-order valence-electron chi connectivity index (χ4n) is 2.85. The Kier molecular flexibility index (Phi) is 6.84. The van der Waals surface area contributed by atoms with Crippen LogP contribution in [0.3, 0.4) is 0 Å². The summed E-state index contributed by atoms with van der Waals surface area (Å²) in [6.45, 7) is 6.34. The van der Waals surface area contributed by atoms with Crippen LogP contribution in [0.4, 0.5) is 4.39 Å². The van der Waals surface area contributed by atoms with Crippen LogP contribution in [0.5, 0.6) is 5.75 Å². The van der Waals surface area contributed by atoms with Crippen LogP contribution in [0.1, 0.15) is 43.0 Å². The molecule has 1 fully saturated rings. The molecule has 1 aromatic carbocycles. The summed E-state index contributed by atoms with van der Waals surface area (Å²) in [4.78, 5) is 14.5. The zero-order chi connectivity index (χ0) is 16.7. The molecule has 1 aromatic rings. The molecule has 1 aliphatic rings. The Balaban J connectivity index is 1.65. The van der Waals surface area contributed by atoms with Gasteiger partial charge in [-0.2, -0.15) is 0 Å². The number of ether oxygens (including phenoxy) is 1. The van der Waals surface area contributed by atoms with Gasteiger partial charge in [-0.3, -0.25) is 4.79 Å². The maximum absolute atomic E-state index is 13.8. The van der Waals surface area contributed by atoms with Crippen LogP contribution in [0, 0.1) is 11.7 Å². The second kappa shape index (κ2) is 8.87. The fourth-order valence-corrected chi connectivity index (χ4v) is 2.85. The van der Waals surface area contributed by atoms with Gasteiger partial charge >= 0.3 is 0 Å². The topological polar surface area (TPSA) is 41.6 Å². The molecule has 1 heterocycles. The minimum absolute atomic E-state index is 0.0656. The number of halogens is 1. The standard InChI is InChI=1S/C18H27FN2O2/c1-14-7-11-21(12-8-14)10-4-3-9-20-18(22)16-6-5-15(23-2)13-17(16)19/h5-6,13-14H,3-4,7-12H2,1-2H3,(H,20,22). The highest BCUT2D eigenvalue weighted by Gasteiger charge is 2.15. The highest BCUT2D eigenvalue weighted by atomic mass is 19.1. The van der Waals surface area contributed by atoms with Gasteiger partial charge in [-0.15, -0.1) is 0 Å². The summed E-state index contributed by atoms with van der Waals surface area (Å²) in [6.07, 6.45) is 4.54.